The third-order valence-electron chi connectivity index (χ3n) is 8.66. The Hall–Kier alpha value is -0.640. The summed E-state index contributed by atoms with van der Waals surface area (Å²) in [7, 11) is 0. The van der Waals surface area contributed by atoms with E-state index in [0.29, 0.717) is 11.8 Å². The van der Waals surface area contributed by atoms with Crippen molar-refractivity contribution in [3.63, 3.8) is 0 Å². The number of hydrogen-bond donors (Lipinski definition) is 0. The van der Waals surface area contributed by atoms with Crippen LogP contribution < -0.4 is 0 Å². The first-order valence-electron chi connectivity index (χ1n) is 9.81. The van der Waals surface area contributed by atoms with E-state index in [1.54, 1.807) is 0 Å². The Labute approximate surface area is 143 Å². The van der Waals surface area contributed by atoms with Crippen molar-refractivity contribution in [1.82, 2.24) is 0 Å². The summed E-state index contributed by atoms with van der Waals surface area (Å²) in [6.07, 6.45) is 4.24. The van der Waals surface area contributed by atoms with E-state index in [1.165, 1.54) is 6.42 Å². The van der Waals surface area contributed by atoms with E-state index in [9.17, 15) is 4.79 Å². The molecule has 0 amide bonds. The average molecular weight is 336 g/mol. The molecule has 0 aromatic heterocycles. The van der Waals surface area contributed by atoms with Crippen LogP contribution in [0.3, 0.4) is 0 Å². The van der Waals surface area contributed by atoms with E-state index in [2.05, 4.69) is 20.8 Å². The van der Waals surface area contributed by atoms with E-state index in [1.807, 2.05) is 0 Å². The molecule has 0 aromatic rings. The van der Waals surface area contributed by atoms with E-state index in [-0.39, 0.29) is 46.6 Å². The number of alkyl halides is 1. The van der Waals surface area contributed by atoms with Gasteiger partial charge in [0.2, 0.25) is 6.36 Å². The maximum atomic E-state index is 15.0. The molecule has 134 valence electrons. The van der Waals surface area contributed by atoms with Crippen LogP contribution in [0.15, 0.2) is 0 Å². The number of ether oxygens (including phenoxy) is 2. The molecular weight excluding hydrogens is 307 g/mol. The molecule has 2 aliphatic heterocycles. The fraction of sp³-hybridized carbons (Fsp3) is 0.950. The summed E-state index contributed by atoms with van der Waals surface area (Å²) in [5.74, 6) is 0.595. The number of cyclic esters (lactones) is 1. The standard InChI is InChI=1S/C20H29FO3/c1-19(2)6-4-7-20(3)11-9-12-10(5-8-23-12)13-14(11)15(16(19)20)17(21)24-18(13)22/h10-17H,4-9H2,1-3H3/t10-,11-,12-,13+,14+,15-,16-,17-,20+/m0/s1. The molecule has 3 nitrogen and oxygen atoms in total. The Morgan fingerprint density at radius 3 is 2.75 bits per heavy atom. The lowest BCUT2D eigenvalue weighted by Gasteiger charge is -2.51. The van der Waals surface area contributed by atoms with Crippen LogP contribution in [0, 0.1) is 46.3 Å². The van der Waals surface area contributed by atoms with E-state index >= 15 is 4.39 Å². The molecule has 3 aliphatic carbocycles. The summed E-state index contributed by atoms with van der Waals surface area (Å²) in [4.78, 5) is 12.7. The van der Waals surface area contributed by atoms with Gasteiger partial charge in [0.25, 0.3) is 0 Å². The molecule has 0 N–H and O–H groups in total. The van der Waals surface area contributed by atoms with Crippen LogP contribution >= 0.6 is 0 Å². The molecule has 9 atom stereocenters. The van der Waals surface area contributed by atoms with Crippen molar-refractivity contribution < 1.29 is 18.7 Å². The Morgan fingerprint density at radius 2 is 1.96 bits per heavy atom. The van der Waals surface area contributed by atoms with Crippen molar-refractivity contribution in [2.45, 2.75) is 65.3 Å². The molecule has 0 bridgehead atoms. The lowest BCUT2D eigenvalue weighted by Crippen LogP contribution is -2.53. The molecule has 4 heteroatoms. The summed E-state index contributed by atoms with van der Waals surface area (Å²) in [5.41, 5.74) is 0.230. The van der Waals surface area contributed by atoms with Crippen LogP contribution in [0.2, 0.25) is 0 Å². The molecular formula is C20H29FO3. The van der Waals surface area contributed by atoms with E-state index < -0.39 is 6.36 Å². The minimum absolute atomic E-state index is 0.112. The molecule has 5 rings (SSSR count). The minimum atomic E-state index is -1.41. The maximum Gasteiger partial charge on any atom is 0.312 e. The van der Waals surface area contributed by atoms with Crippen LogP contribution in [-0.4, -0.2) is 25.0 Å². The van der Waals surface area contributed by atoms with Crippen molar-refractivity contribution in [3.05, 3.63) is 0 Å². The van der Waals surface area contributed by atoms with Gasteiger partial charge in [-0.2, -0.15) is 0 Å². The Balaban J connectivity index is 1.65. The van der Waals surface area contributed by atoms with E-state index in [0.717, 1.165) is 32.3 Å². The first-order chi connectivity index (χ1) is 11.3. The van der Waals surface area contributed by atoms with Gasteiger partial charge in [-0.3, -0.25) is 4.79 Å². The van der Waals surface area contributed by atoms with Crippen molar-refractivity contribution in [2.75, 3.05) is 6.61 Å². The Kier molecular flexibility index (Phi) is 3.09. The van der Waals surface area contributed by atoms with Gasteiger partial charge in [0.1, 0.15) is 0 Å². The number of esters is 1. The van der Waals surface area contributed by atoms with Gasteiger partial charge < -0.3 is 9.47 Å². The zero-order chi connectivity index (χ0) is 16.9. The van der Waals surface area contributed by atoms with Crippen LogP contribution in [0.25, 0.3) is 0 Å². The van der Waals surface area contributed by atoms with E-state index in [4.69, 9.17) is 9.47 Å². The summed E-state index contributed by atoms with van der Waals surface area (Å²) < 4.78 is 26.4. The van der Waals surface area contributed by atoms with Crippen molar-refractivity contribution in [2.24, 2.45) is 46.3 Å². The zero-order valence-corrected chi connectivity index (χ0v) is 15.0. The van der Waals surface area contributed by atoms with Gasteiger partial charge in [-0.25, -0.2) is 4.39 Å². The summed E-state index contributed by atoms with van der Waals surface area (Å²) in [6.45, 7) is 7.74. The third kappa shape index (κ3) is 1.74. The molecule has 5 aliphatic rings. The number of rotatable bonds is 0. The van der Waals surface area contributed by atoms with Gasteiger partial charge >= 0.3 is 5.97 Å². The van der Waals surface area contributed by atoms with Gasteiger partial charge in [-0.05, 0) is 54.3 Å². The highest BCUT2D eigenvalue weighted by Gasteiger charge is 2.72. The van der Waals surface area contributed by atoms with Crippen molar-refractivity contribution in [3.8, 4) is 0 Å². The number of halogens is 1. The maximum absolute atomic E-state index is 15.0. The second-order valence-corrected chi connectivity index (χ2v) is 10.00. The topological polar surface area (TPSA) is 35.5 Å². The molecule has 2 heterocycles. The molecule has 0 aromatic carbocycles. The smallest absolute Gasteiger partial charge is 0.312 e. The second-order valence-electron chi connectivity index (χ2n) is 10.00. The predicted molar refractivity (Wildman–Crippen MR) is 86.6 cm³/mol. The first-order valence-corrected chi connectivity index (χ1v) is 9.81. The number of carbonyl (C=O) groups excluding carboxylic acids is 1. The molecule has 24 heavy (non-hydrogen) atoms. The lowest BCUT2D eigenvalue weighted by atomic mass is 9.53. The third-order valence-corrected chi connectivity index (χ3v) is 8.66. The quantitative estimate of drug-likeness (QED) is 0.628. The average Bonchev–Trinajstić information content (AvgIpc) is 3.05. The highest BCUT2D eigenvalue weighted by atomic mass is 19.1. The Morgan fingerprint density at radius 1 is 1.17 bits per heavy atom. The fourth-order valence-corrected chi connectivity index (χ4v) is 8.13. The monoisotopic (exact) mass is 336 g/mol. The lowest BCUT2D eigenvalue weighted by molar-refractivity contribution is -0.206. The van der Waals surface area contributed by atoms with Crippen LogP contribution in [-0.2, 0) is 14.3 Å². The summed E-state index contributed by atoms with van der Waals surface area (Å²) in [5, 5.41) is 0. The minimum Gasteiger partial charge on any atom is -0.431 e. The summed E-state index contributed by atoms with van der Waals surface area (Å²) in [6, 6.07) is 0. The molecule has 0 radical (unpaired) electrons. The van der Waals surface area contributed by atoms with Crippen LogP contribution in [0.5, 0.6) is 0 Å². The zero-order valence-electron chi connectivity index (χ0n) is 15.0. The van der Waals surface area contributed by atoms with Gasteiger partial charge in [-0.15, -0.1) is 0 Å². The van der Waals surface area contributed by atoms with Crippen molar-refractivity contribution in [1.29, 1.82) is 0 Å². The fourth-order valence-electron chi connectivity index (χ4n) is 8.13. The number of carbonyl (C=O) groups is 1. The predicted octanol–water partition coefficient (Wildman–Crippen LogP) is 3.96. The highest BCUT2D eigenvalue weighted by molar-refractivity contribution is 5.75. The van der Waals surface area contributed by atoms with Gasteiger partial charge in [0.15, 0.2) is 0 Å². The normalized spacial score (nSPS) is 57.8. The SMILES string of the molecule is CC1(C)CCC[C@]2(C)[C@H]3C[C@@H]4OCC[C@@H]4[C@H]4C(=O)O[C@H](F)[C@@H]([C@@H]43)[C@@H]12. The van der Waals surface area contributed by atoms with Crippen LogP contribution in [0.4, 0.5) is 4.39 Å². The highest BCUT2D eigenvalue weighted by Crippen LogP contribution is 2.72. The number of fused-ring (bicyclic) bond motifs is 5. The first kappa shape index (κ1) is 15.6. The number of hydrogen-bond acceptors (Lipinski definition) is 3. The molecule has 2 saturated heterocycles. The van der Waals surface area contributed by atoms with Gasteiger partial charge in [-0.1, -0.05) is 27.2 Å². The Bertz CT molecular complexity index is 575. The van der Waals surface area contributed by atoms with Gasteiger partial charge in [0.05, 0.1) is 12.0 Å². The largest absolute Gasteiger partial charge is 0.431 e. The summed E-state index contributed by atoms with van der Waals surface area (Å²) >= 11 is 0. The molecule has 0 unspecified atom stereocenters. The second kappa shape index (κ2) is 4.75. The molecule has 5 fully saturated rings. The molecule has 3 saturated carbocycles. The van der Waals surface area contributed by atoms with Crippen LogP contribution in [0.1, 0.15) is 52.9 Å². The molecule has 0 spiro atoms. The van der Waals surface area contributed by atoms with Crippen molar-refractivity contribution >= 4 is 5.97 Å². The van der Waals surface area contributed by atoms with Gasteiger partial charge in [0, 0.05) is 18.4 Å².